The fraction of sp³-hybridized carbons (Fsp3) is 0.214. The van der Waals surface area contributed by atoms with Gasteiger partial charge in [-0.2, -0.15) is 5.21 Å². The minimum absolute atomic E-state index is 0.312. The number of halogens is 1. The molecule has 8 heteroatoms. The van der Waals surface area contributed by atoms with E-state index < -0.39 is 0 Å². The van der Waals surface area contributed by atoms with E-state index in [4.69, 9.17) is 16.3 Å². The average Bonchev–Trinajstić information content (AvgIpc) is 3.19. The van der Waals surface area contributed by atoms with E-state index in [9.17, 15) is 0 Å². The standard InChI is InChI=1S/C14H11ClN6O/c15-10-5-8(1-4-13(10)22-9-2-3-9)11-6-12(17-7-16-11)14-18-20-21-19-14/h1,4-7,9H,2-3H2,(H,18,19,20,21). The Morgan fingerprint density at radius 1 is 1.14 bits per heavy atom. The van der Waals surface area contributed by atoms with Gasteiger partial charge in [-0.05, 0) is 42.3 Å². The van der Waals surface area contributed by atoms with E-state index in [1.807, 2.05) is 18.2 Å². The van der Waals surface area contributed by atoms with Gasteiger partial charge in [-0.25, -0.2) is 9.97 Å². The number of tetrazole rings is 1. The van der Waals surface area contributed by atoms with Gasteiger partial charge < -0.3 is 4.74 Å². The van der Waals surface area contributed by atoms with Crippen LogP contribution in [-0.2, 0) is 0 Å². The molecule has 1 N–H and O–H groups in total. The van der Waals surface area contributed by atoms with Crippen LogP contribution in [0.2, 0.25) is 5.02 Å². The molecule has 4 rings (SSSR count). The molecule has 1 saturated carbocycles. The summed E-state index contributed by atoms with van der Waals surface area (Å²) in [6, 6.07) is 7.41. The van der Waals surface area contributed by atoms with E-state index in [0.717, 1.165) is 24.1 Å². The normalized spacial score (nSPS) is 14.0. The van der Waals surface area contributed by atoms with Crippen LogP contribution >= 0.6 is 11.6 Å². The molecule has 2 heterocycles. The predicted molar refractivity (Wildman–Crippen MR) is 79.3 cm³/mol. The van der Waals surface area contributed by atoms with Crippen LogP contribution in [-0.4, -0.2) is 36.7 Å². The average molecular weight is 315 g/mol. The van der Waals surface area contributed by atoms with E-state index >= 15 is 0 Å². The molecule has 0 radical (unpaired) electrons. The molecule has 110 valence electrons. The molecule has 0 atom stereocenters. The fourth-order valence-corrected chi connectivity index (χ4v) is 2.25. The number of hydrogen-bond acceptors (Lipinski definition) is 6. The molecule has 0 spiro atoms. The van der Waals surface area contributed by atoms with Gasteiger partial charge in [0.1, 0.15) is 17.8 Å². The maximum atomic E-state index is 6.28. The largest absolute Gasteiger partial charge is 0.489 e. The number of hydrogen-bond donors (Lipinski definition) is 1. The van der Waals surface area contributed by atoms with Gasteiger partial charge in [0.05, 0.1) is 16.8 Å². The maximum absolute atomic E-state index is 6.28. The number of benzene rings is 1. The molecular weight excluding hydrogens is 304 g/mol. The lowest BCUT2D eigenvalue weighted by atomic mass is 10.1. The first-order valence-electron chi connectivity index (χ1n) is 6.82. The summed E-state index contributed by atoms with van der Waals surface area (Å²) in [5.74, 6) is 1.13. The summed E-state index contributed by atoms with van der Waals surface area (Å²) in [7, 11) is 0. The molecule has 2 aromatic heterocycles. The van der Waals surface area contributed by atoms with Gasteiger partial charge >= 0.3 is 0 Å². The highest BCUT2D eigenvalue weighted by Gasteiger charge is 2.24. The van der Waals surface area contributed by atoms with Crippen LogP contribution in [0.3, 0.4) is 0 Å². The van der Waals surface area contributed by atoms with Crippen molar-refractivity contribution in [2.75, 3.05) is 0 Å². The molecule has 1 aliphatic carbocycles. The number of nitrogens with zero attached hydrogens (tertiary/aromatic N) is 5. The fourth-order valence-electron chi connectivity index (χ4n) is 2.03. The van der Waals surface area contributed by atoms with Gasteiger partial charge in [0.2, 0.25) is 5.82 Å². The van der Waals surface area contributed by atoms with Crippen LogP contribution in [0.1, 0.15) is 12.8 Å². The topological polar surface area (TPSA) is 89.5 Å². The number of rotatable bonds is 4. The molecule has 7 nitrogen and oxygen atoms in total. The maximum Gasteiger partial charge on any atom is 0.223 e. The highest BCUT2D eigenvalue weighted by atomic mass is 35.5. The van der Waals surface area contributed by atoms with Crippen molar-refractivity contribution in [2.45, 2.75) is 18.9 Å². The van der Waals surface area contributed by atoms with Crippen LogP contribution < -0.4 is 4.74 Å². The summed E-state index contributed by atoms with van der Waals surface area (Å²) in [6.07, 6.45) is 3.96. The van der Waals surface area contributed by atoms with Gasteiger partial charge in [0.15, 0.2) is 0 Å². The third kappa shape index (κ3) is 2.62. The summed E-state index contributed by atoms with van der Waals surface area (Å²) in [4.78, 5) is 8.41. The zero-order valence-corrected chi connectivity index (χ0v) is 12.2. The van der Waals surface area contributed by atoms with Crippen molar-refractivity contribution in [3.63, 3.8) is 0 Å². The second-order valence-corrected chi connectivity index (χ2v) is 5.39. The summed E-state index contributed by atoms with van der Waals surface area (Å²) in [5.41, 5.74) is 2.20. The van der Waals surface area contributed by atoms with Crippen molar-refractivity contribution >= 4 is 11.6 Å². The number of nitrogens with one attached hydrogen (secondary N) is 1. The van der Waals surface area contributed by atoms with Crippen molar-refractivity contribution in [3.8, 4) is 28.5 Å². The summed E-state index contributed by atoms with van der Waals surface area (Å²) in [5, 5.41) is 14.3. The predicted octanol–water partition coefficient (Wildman–Crippen LogP) is 2.52. The van der Waals surface area contributed by atoms with Gasteiger partial charge in [-0.1, -0.05) is 11.6 Å². The molecular formula is C14H11ClN6O. The lowest BCUT2D eigenvalue weighted by molar-refractivity contribution is 0.303. The Kier molecular flexibility index (Phi) is 3.19. The van der Waals surface area contributed by atoms with E-state index in [1.165, 1.54) is 6.33 Å². The Balaban J connectivity index is 1.66. The molecule has 0 unspecified atom stereocenters. The smallest absolute Gasteiger partial charge is 0.223 e. The second kappa shape index (κ2) is 5.34. The van der Waals surface area contributed by atoms with Crippen molar-refractivity contribution in [2.24, 2.45) is 0 Å². The van der Waals surface area contributed by atoms with Crippen molar-refractivity contribution < 1.29 is 4.74 Å². The molecule has 0 aliphatic heterocycles. The summed E-state index contributed by atoms with van der Waals surface area (Å²) in [6.45, 7) is 0. The number of aromatic nitrogens is 6. The van der Waals surface area contributed by atoms with Crippen LogP contribution in [0, 0.1) is 0 Å². The number of H-pyrrole nitrogens is 1. The van der Waals surface area contributed by atoms with Crippen molar-refractivity contribution in [1.29, 1.82) is 0 Å². The van der Waals surface area contributed by atoms with Crippen molar-refractivity contribution in [3.05, 3.63) is 35.6 Å². The molecule has 1 aliphatic rings. The summed E-state index contributed by atoms with van der Waals surface area (Å²) < 4.78 is 5.73. The lowest BCUT2D eigenvalue weighted by Gasteiger charge is -2.08. The van der Waals surface area contributed by atoms with E-state index in [-0.39, 0.29) is 0 Å². The Bertz CT molecular complexity index is 803. The highest BCUT2D eigenvalue weighted by molar-refractivity contribution is 6.32. The Morgan fingerprint density at radius 2 is 2.00 bits per heavy atom. The summed E-state index contributed by atoms with van der Waals surface area (Å²) >= 11 is 6.28. The molecule has 0 amide bonds. The first kappa shape index (κ1) is 13.1. The second-order valence-electron chi connectivity index (χ2n) is 4.99. The van der Waals surface area contributed by atoms with Crippen LogP contribution in [0.25, 0.3) is 22.8 Å². The van der Waals surface area contributed by atoms with Gasteiger partial charge in [0.25, 0.3) is 0 Å². The SMILES string of the molecule is Clc1cc(-c2cc(-c3nn[nH]n3)ncn2)ccc1OC1CC1. The third-order valence-corrected chi connectivity index (χ3v) is 3.58. The Morgan fingerprint density at radius 3 is 2.73 bits per heavy atom. The first-order chi connectivity index (χ1) is 10.8. The third-order valence-electron chi connectivity index (χ3n) is 3.29. The minimum Gasteiger partial charge on any atom is -0.489 e. The number of ether oxygens (including phenoxy) is 1. The highest BCUT2D eigenvalue weighted by Crippen LogP contribution is 2.34. The van der Waals surface area contributed by atoms with Gasteiger partial charge in [-0.3, -0.25) is 0 Å². The number of aromatic amines is 1. The molecule has 3 aromatic rings. The zero-order chi connectivity index (χ0) is 14.9. The quantitative estimate of drug-likeness (QED) is 0.796. The van der Waals surface area contributed by atoms with E-state index in [1.54, 1.807) is 6.07 Å². The Labute approximate surface area is 130 Å². The van der Waals surface area contributed by atoms with Crippen LogP contribution in [0.4, 0.5) is 0 Å². The van der Waals surface area contributed by atoms with Crippen molar-refractivity contribution in [1.82, 2.24) is 30.6 Å². The molecule has 22 heavy (non-hydrogen) atoms. The van der Waals surface area contributed by atoms with Gasteiger partial charge in [-0.15, -0.1) is 10.2 Å². The minimum atomic E-state index is 0.312. The Hall–Kier alpha value is -2.54. The van der Waals surface area contributed by atoms with Gasteiger partial charge in [0, 0.05) is 5.56 Å². The zero-order valence-electron chi connectivity index (χ0n) is 11.4. The van der Waals surface area contributed by atoms with E-state index in [0.29, 0.717) is 28.4 Å². The van der Waals surface area contributed by atoms with E-state index in [2.05, 4.69) is 30.6 Å². The molecule has 0 saturated heterocycles. The molecule has 0 bridgehead atoms. The lowest BCUT2D eigenvalue weighted by Crippen LogP contribution is -1.97. The van der Waals surface area contributed by atoms with Crippen LogP contribution in [0.15, 0.2) is 30.6 Å². The first-order valence-corrected chi connectivity index (χ1v) is 7.20. The monoisotopic (exact) mass is 314 g/mol. The molecule has 1 fully saturated rings. The molecule has 1 aromatic carbocycles. The van der Waals surface area contributed by atoms with Crippen LogP contribution in [0.5, 0.6) is 5.75 Å².